The molecule has 0 heterocycles. The zero-order valence-electron chi connectivity index (χ0n) is 17.0. The van der Waals surface area contributed by atoms with Gasteiger partial charge in [-0.25, -0.2) is 12.8 Å². The van der Waals surface area contributed by atoms with Crippen LogP contribution in [-0.4, -0.2) is 33.7 Å². The number of benzene rings is 2. The highest BCUT2D eigenvalue weighted by atomic mass is 127. The molecule has 0 saturated carbocycles. The maximum Gasteiger partial charge on any atom is 0.191 e. The Labute approximate surface area is 190 Å². The summed E-state index contributed by atoms with van der Waals surface area (Å²) in [6, 6.07) is 14.2. The maximum atomic E-state index is 13.7. The van der Waals surface area contributed by atoms with Crippen molar-refractivity contribution in [3.63, 3.8) is 0 Å². The molecule has 0 fully saturated rings. The van der Waals surface area contributed by atoms with E-state index in [1.54, 1.807) is 20.0 Å². The summed E-state index contributed by atoms with van der Waals surface area (Å²) in [6.45, 7) is 4.12. The third kappa shape index (κ3) is 8.69. The SMILES string of the molecule is CN=C(NCCCS(=O)(=O)Cc1ccccc1)NC(C)c1ccc(C)c(F)c1.I. The van der Waals surface area contributed by atoms with Gasteiger partial charge in [0.25, 0.3) is 0 Å². The molecule has 0 aromatic heterocycles. The third-order valence-electron chi connectivity index (χ3n) is 4.43. The van der Waals surface area contributed by atoms with Gasteiger partial charge in [-0.2, -0.15) is 0 Å². The van der Waals surface area contributed by atoms with Gasteiger partial charge in [-0.1, -0.05) is 42.5 Å². The number of hydrogen-bond acceptors (Lipinski definition) is 3. The van der Waals surface area contributed by atoms with Crippen LogP contribution in [0.5, 0.6) is 0 Å². The Morgan fingerprint density at radius 3 is 2.48 bits per heavy atom. The Bertz CT molecular complexity index is 905. The molecular formula is C21H29FIN3O2S. The maximum absolute atomic E-state index is 13.7. The van der Waals surface area contributed by atoms with Crippen LogP contribution in [0.25, 0.3) is 0 Å². The molecule has 5 nitrogen and oxygen atoms in total. The van der Waals surface area contributed by atoms with Gasteiger partial charge in [0.1, 0.15) is 5.82 Å². The minimum absolute atomic E-state index is 0. The first-order valence-corrected chi connectivity index (χ1v) is 11.1. The highest BCUT2D eigenvalue weighted by Gasteiger charge is 2.13. The lowest BCUT2D eigenvalue weighted by atomic mass is 10.1. The van der Waals surface area contributed by atoms with Crippen LogP contribution in [0.4, 0.5) is 4.39 Å². The number of aryl methyl sites for hydroxylation is 1. The fourth-order valence-corrected chi connectivity index (χ4v) is 4.19. The summed E-state index contributed by atoms with van der Waals surface area (Å²) in [4.78, 5) is 4.15. The molecule has 0 radical (unpaired) electrons. The quantitative estimate of drug-likeness (QED) is 0.233. The molecule has 1 unspecified atom stereocenters. The normalized spacial score (nSPS) is 12.8. The van der Waals surface area contributed by atoms with Crippen molar-refractivity contribution in [1.29, 1.82) is 0 Å². The highest BCUT2D eigenvalue weighted by molar-refractivity contribution is 14.0. The van der Waals surface area contributed by atoms with Crippen LogP contribution < -0.4 is 10.6 Å². The van der Waals surface area contributed by atoms with Crippen molar-refractivity contribution in [3.05, 3.63) is 71.0 Å². The van der Waals surface area contributed by atoms with Gasteiger partial charge >= 0.3 is 0 Å². The van der Waals surface area contributed by atoms with E-state index in [2.05, 4.69) is 15.6 Å². The monoisotopic (exact) mass is 533 g/mol. The van der Waals surface area contributed by atoms with Crippen molar-refractivity contribution in [2.75, 3.05) is 19.3 Å². The van der Waals surface area contributed by atoms with Crippen molar-refractivity contribution < 1.29 is 12.8 Å². The number of sulfone groups is 1. The van der Waals surface area contributed by atoms with Crippen LogP contribution >= 0.6 is 24.0 Å². The van der Waals surface area contributed by atoms with E-state index in [9.17, 15) is 12.8 Å². The summed E-state index contributed by atoms with van der Waals surface area (Å²) < 4.78 is 38.2. The van der Waals surface area contributed by atoms with Crippen LogP contribution in [-0.2, 0) is 15.6 Å². The smallest absolute Gasteiger partial charge is 0.191 e. The average molecular weight is 533 g/mol. The molecule has 2 N–H and O–H groups in total. The highest BCUT2D eigenvalue weighted by Crippen LogP contribution is 2.16. The summed E-state index contributed by atoms with van der Waals surface area (Å²) in [6.07, 6.45) is 0.476. The van der Waals surface area contributed by atoms with Crippen molar-refractivity contribution in [1.82, 2.24) is 10.6 Å². The predicted octanol–water partition coefficient (Wildman–Crippen LogP) is 3.98. The molecule has 2 aromatic carbocycles. The topological polar surface area (TPSA) is 70.6 Å². The van der Waals surface area contributed by atoms with Crippen molar-refractivity contribution >= 4 is 39.8 Å². The number of nitrogens with one attached hydrogen (secondary N) is 2. The second-order valence-electron chi connectivity index (χ2n) is 6.80. The predicted molar refractivity (Wildman–Crippen MR) is 128 cm³/mol. The molecule has 2 aromatic rings. The van der Waals surface area contributed by atoms with Gasteiger partial charge in [0.05, 0.1) is 17.5 Å². The molecule has 2 rings (SSSR count). The van der Waals surface area contributed by atoms with Crippen molar-refractivity contribution in [2.24, 2.45) is 4.99 Å². The Balaban J connectivity index is 0.00000420. The zero-order valence-corrected chi connectivity index (χ0v) is 20.1. The van der Waals surface area contributed by atoms with Crippen LogP contribution in [0.2, 0.25) is 0 Å². The Morgan fingerprint density at radius 1 is 1.17 bits per heavy atom. The van der Waals surface area contributed by atoms with Crippen LogP contribution in [0, 0.1) is 12.7 Å². The average Bonchev–Trinajstić information content (AvgIpc) is 2.66. The standard InChI is InChI=1S/C21H28FN3O2S.HI/c1-16-10-11-19(14-20(16)22)17(2)25-21(23-3)24-12-7-13-28(26,27)15-18-8-5-4-6-9-18;/h4-6,8-11,14,17H,7,12-13,15H2,1-3H3,(H2,23,24,25);1H. The molecule has 160 valence electrons. The first-order valence-electron chi connectivity index (χ1n) is 9.28. The minimum atomic E-state index is -3.16. The van der Waals surface area contributed by atoms with Gasteiger partial charge in [0.2, 0.25) is 0 Å². The summed E-state index contributed by atoms with van der Waals surface area (Å²) in [5, 5.41) is 6.30. The Hall–Kier alpha value is -1.68. The van der Waals surface area contributed by atoms with Gasteiger partial charge in [0, 0.05) is 13.6 Å². The summed E-state index contributed by atoms with van der Waals surface area (Å²) in [5.41, 5.74) is 2.22. The van der Waals surface area contributed by atoms with Gasteiger partial charge in [-0.3, -0.25) is 4.99 Å². The van der Waals surface area contributed by atoms with Gasteiger partial charge in [-0.15, -0.1) is 24.0 Å². The van der Waals surface area contributed by atoms with E-state index < -0.39 is 9.84 Å². The van der Waals surface area contributed by atoms with Gasteiger partial charge in [0.15, 0.2) is 15.8 Å². The zero-order chi connectivity index (χ0) is 20.6. The molecule has 29 heavy (non-hydrogen) atoms. The number of halogens is 2. The van der Waals surface area contributed by atoms with Crippen molar-refractivity contribution in [2.45, 2.75) is 32.1 Å². The van der Waals surface area contributed by atoms with E-state index in [1.165, 1.54) is 6.07 Å². The van der Waals surface area contributed by atoms with Crippen LogP contribution in [0.3, 0.4) is 0 Å². The summed E-state index contributed by atoms with van der Waals surface area (Å²) in [7, 11) is -1.51. The molecule has 0 aliphatic heterocycles. The van der Waals surface area contributed by atoms with Gasteiger partial charge in [-0.05, 0) is 43.0 Å². The van der Waals surface area contributed by atoms with E-state index in [4.69, 9.17) is 0 Å². The van der Waals surface area contributed by atoms with Gasteiger partial charge < -0.3 is 10.6 Å². The lowest BCUT2D eigenvalue weighted by Gasteiger charge is -2.18. The molecule has 0 saturated heterocycles. The van der Waals surface area contributed by atoms with Crippen LogP contribution in [0.1, 0.15) is 36.1 Å². The third-order valence-corrected chi connectivity index (χ3v) is 6.11. The summed E-state index contributed by atoms with van der Waals surface area (Å²) in [5.74, 6) is 0.466. The molecule has 0 aliphatic carbocycles. The Morgan fingerprint density at radius 2 is 1.86 bits per heavy atom. The molecular weight excluding hydrogens is 504 g/mol. The Kier molecular flexibility index (Phi) is 10.6. The number of hydrogen-bond donors (Lipinski definition) is 2. The van der Waals surface area contributed by atoms with E-state index in [0.29, 0.717) is 24.5 Å². The van der Waals surface area contributed by atoms with Crippen LogP contribution in [0.15, 0.2) is 53.5 Å². The second-order valence-corrected chi connectivity index (χ2v) is 8.99. The molecule has 0 spiro atoms. The fourth-order valence-electron chi connectivity index (χ4n) is 2.76. The number of nitrogens with zero attached hydrogens (tertiary/aromatic N) is 1. The largest absolute Gasteiger partial charge is 0.356 e. The second kappa shape index (κ2) is 12.1. The molecule has 0 bridgehead atoms. The lowest BCUT2D eigenvalue weighted by Crippen LogP contribution is -2.39. The number of aliphatic imine (C=N–C) groups is 1. The molecule has 8 heteroatoms. The van der Waals surface area contributed by atoms with E-state index >= 15 is 0 Å². The van der Waals surface area contributed by atoms with E-state index in [-0.39, 0.29) is 47.3 Å². The minimum Gasteiger partial charge on any atom is -0.356 e. The number of guanidine groups is 1. The lowest BCUT2D eigenvalue weighted by molar-refractivity contribution is 0.591. The van der Waals surface area contributed by atoms with E-state index in [0.717, 1.165) is 11.1 Å². The first-order chi connectivity index (χ1) is 13.3. The van der Waals surface area contributed by atoms with E-state index in [1.807, 2.05) is 43.3 Å². The molecule has 1 atom stereocenters. The first kappa shape index (κ1) is 25.4. The summed E-state index contributed by atoms with van der Waals surface area (Å²) >= 11 is 0. The van der Waals surface area contributed by atoms with Crippen molar-refractivity contribution in [3.8, 4) is 0 Å². The molecule has 0 amide bonds. The number of rotatable bonds is 8. The molecule has 0 aliphatic rings. The fraction of sp³-hybridized carbons (Fsp3) is 0.381.